The number of allylic oxidation sites excluding steroid dienone is 2. The van der Waals surface area contributed by atoms with Crippen molar-refractivity contribution in [3.05, 3.63) is 53.8 Å². The first-order chi connectivity index (χ1) is 13.8. The van der Waals surface area contributed by atoms with E-state index in [1.807, 2.05) is 18.2 Å². The second kappa shape index (κ2) is 8.87. The van der Waals surface area contributed by atoms with Gasteiger partial charge in [0.2, 0.25) is 5.91 Å². The Bertz CT molecular complexity index is 839. The Morgan fingerprint density at radius 2 is 2.17 bits per heavy atom. The van der Waals surface area contributed by atoms with Crippen LogP contribution in [0.5, 0.6) is 0 Å². The van der Waals surface area contributed by atoms with Crippen LogP contribution in [0.25, 0.3) is 6.08 Å². The Morgan fingerprint density at radius 3 is 2.76 bits per heavy atom. The third kappa shape index (κ3) is 4.73. The lowest BCUT2D eigenvalue weighted by molar-refractivity contribution is -0.118. The van der Waals surface area contributed by atoms with Crippen LogP contribution in [-0.4, -0.2) is 36.5 Å². The molecule has 1 fully saturated rings. The van der Waals surface area contributed by atoms with Gasteiger partial charge in [0.1, 0.15) is 5.76 Å². The standard InChI is InChI=1S/C24H33N3O2/c1-6-18-8-7-9-21(24(18)25)26-22(28)14-27(19-10-11-19)17(4)23-15(2)12-20(29-5)13-16(23)3/h6-9,12-13,15,17,19,23H,1,10-11,14,25H2,2-5H3,(H,26,28). The molecule has 2 aliphatic carbocycles. The van der Waals surface area contributed by atoms with Gasteiger partial charge in [-0.2, -0.15) is 0 Å². The average molecular weight is 396 g/mol. The van der Waals surface area contributed by atoms with Crippen molar-refractivity contribution in [3.63, 3.8) is 0 Å². The number of rotatable bonds is 8. The summed E-state index contributed by atoms with van der Waals surface area (Å²) in [6, 6.07) is 6.32. The van der Waals surface area contributed by atoms with Gasteiger partial charge in [0.15, 0.2) is 0 Å². The van der Waals surface area contributed by atoms with Gasteiger partial charge < -0.3 is 15.8 Å². The van der Waals surface area contributed by atoms with Gasteiger partial charge in [-0.25, -0.2) is 0 Å². The minimum atomic E-state index is -0.0325. The highest BCUT2D eigenvalue weighted by atomic mass is 16.5. The summed E-state index contributed by atoms with van der Waals surface area (Å²) in [5.74, 6) is 1.60. The number of nitrogens with two attached hydrogens (primary N) is 1. The van der Waals surface area contributed by atoms with Crippen molar-refractivity contribution in [2.24, 2.45) is 11.8 Å². The lowest BCUT2D eigenvalue weighted by Crippen LogP contribution is -2.46. The van der Waals surface area contributed by atoms with Crippen molar-refractivity contribution in [1.82, 2.24) is 4.90 Å². The molecule has 0 radical (unpaired) electrons. The fourth-order valence-electron chi connectivity index (χ4n) is 4.54. The molecule has 0 bridgehead atoms. The minimum absolute atomic E-state index is 0.0325. The van der Waals surface area contributed by atoms with Crippen molar-refractivity contribution in [2.45, 2.75) is 45.7 Å². The number of ether oxygens (including phenoxy) is 1. The summed E-state index contributed by atoms with van der Waals surface area (Å²) in [6.45, 7) is 10.8. The number of hydrogen-bond acceptors (Lipinski definition) is 4. The van der Waals surface area contributed by atoms with Crippen LogP contribution < -0.4 is 11.1 Å². The molecule has 0 spiro atoms. The monoisotopic (exact) mass is 395 g/mol. The summed E-state index contributed by atoms with van der Waals surface area (Å²) in [4.78, 5) is 15.2. The van der Waals surface area contributed by atoms with Gasteiger partial charge in [-0.3, -0.25) is 9.69 Å². The van der Waals surface area contributed by atoms with E-state index in [0.717, 1.165) is 24.2 Å². The largest absolute Gasteiger partial charge is 0.497 e. The molecule has 5 heteroatoms. The molecule has 0 aromatic heterocycles. The Kier molecular flexibility index (Phi) is 6.48. The van der Waals surface area contributed by atoms with E-state index in [1.54, 1.807) is 13.2 Å². The molecular formula is C24H33N3O2. The van der Waals surface area contributed by atoms with E-state index in [-0.39, 0.29) is 11.9 Å². The molecule has 3 atom stereocenters. The van der Waals surface area contributed by atoms with Crippen LogP contribution in [0.2, 0.25) is 0 Å². The van der Waals surface area contributed by atoms with E-state index in [0.29, 0.717) is 35.8 Å². The zero-order valence-electron chi connectivity index (χ0n) is 17.9. The summed E-state index contributed by atoms with van der Waals surface area (Å²) in [6.07, 6.45) is 8.29. The van der Waals surface area contributed by atoms with Crippen LogP contribution in [0, 0.1) is 11.8 Å². The number of carbonyl (C=O) groups excluding carboxylic acids is 1. The Labute approximate surface area is 174 Å². The number of amides is 1. The molecule has 29 heavy (non-hydrogen) atoms. The molecule has 1 amide bonds. The number of methoxy groups -OCH3 is 1. The van der Waals surface area contributed by atoms with Crippen LogP contribution in [0.4, 0.5) is 11.4 Å². The summed E-state index contributed by atoms with van der Waals surface area (Å²) in [7, 11) is 1.71. The molecule has 1 saturated carbocycles. The lowest BCUT2D eigenvalue weighted by atomic mass is 9.78. The Hall–Kier alpha value is -2.53. The van der Waals surface area contributed by atoms with Crippen molar-refractivity contribution in [3.8, 4) is 0 Å². The second-order valence-electron chi connectivity index (χ2n) is 8.25. The number of nitrogens with one attached hydrogen (secondary N) is 1. The SMILES string of the molecule is C=Cc1cccc(NC(=O)CN(C2CC2)C(C)C2C(C)=CC(OC)=CC2C)c1N. The summed E-state index contributed by atoms with van der Waals surface area (Å²) < 4.78 is 5.43. The van der Waals surface area contributed by atoms with E-state index >= 15 is 0 Å². The first-order valence-electron chi connectivity index (χ1n) is 10.4. The second-order valence-corrected chi connectivity index (χ2v) is 8.25. The highest BCUT2D eigenvalue weighted by Gasteiger charge is 2.39. The fourth-order valence-corrected chi connectivity index (χ4v) is 4.54. The normalized spacial score (nSPS) is 22.5. The molecule has 1 aromatic carbocycles. The maximum atomic E-state index is 12.9. The average Bonchev–Trinajstić information content (AvgIpc) is 3.52. The molecule has 2 aliphatic rings. The highest BCUT2D eigenvalue weighted by Crippen LogP contribution is 2.38. The smallest absolute Gasteiger partial charge is 0.238 e. The molecule has 0 heterocycles. The van der Waals surface area contributed by atoms with E-state index in [4.69, 9.17) is 10.5 Å². The fraction of sp³-hybridized carbons (Fsp3) is 0.458. The van der Waals surface area contributed by atoms with Crippen LogP contribution in [-0.2, 0) is 9.53 Å². The number of anilines is 2. The number of benzene rings is 1. The van der Waals surface area contributed by atoms with Crippen molar-refractivity contribution >= 4 is 23.4 Å². The van der Waals surface area contributed by atoms with Crippen LogP contribution in [0.15, 0.2) is 48.3 Å². The van der Waals surface area contributed by atoms with Gasteiger partial charge in [0.05, 0.1) is 25.0 Å². The van der Waals surface area contributed by atoms with E-state index in [1.165, 1.54) is 5.57 Å². The topological polar surface area (TPSA) is 67.6 Å². The molecular weight excluding hydrogens is 362 g/mol. The number of nitrogens with zero attached hydrogens (tertiary/aromatic N) is 1. The minimum Gasteiger partial charge on any atom is -0.497 e. The Balaban J connectivity index is 1.72. The van der Waals surface area contributed by atoms with E-state index in [2.05, 4.69) is 49.7 Å². The molecule has 3 rings (SSSR count). The zero-order chi connectivity index (χ0) is 21.1. The predicted molar refractivity (Wildman–Crippen MR) is 120 cm³/mol. The number of para-hydroxylation sites is 1. The van der Waals surface area contributed by atoms with Crippen LogP contribution in [0.3, 0.4) is 0 Å². The zero-order valence-corrected chi connectivity index (χ0v) is 17.9. The number of nitrogen functional groups attached to an aromatic ring is 1. The number of hydrogen-bond donors (Lipinski definition) is 2. The Morgan fingerprint density at radius 1 is 1.45 bits per heavy atom. The molecule has 1 aromatic rings. The van der Waals surface area contributed by atoms with Gasteiger partial charge in [0.25, 0.3) is 0 Å². The lowest BCUT2D eigenvalue weighted by Gasteiger charge is -2.39. The maximum Gasteiger partial charge on any atom is 0.238 e. The van der Waals surface area contributed by atoms with Crippen molar-refractivity contribution < 1.29 is 9.53 Å². The molecule has 5 nitrogen and oxygen atoms in total. The molecule has 0 aliphatic heterocycles. The highest BCUT2D eigenvalue weighted by molar-refractivity contribution is 5.96. The molecule has 156 valence electrons. The van der Waals surface area contributed by atoms with Gasteiger partial charge in [-0.05, 0) is 56.4 Å². The molecule has 0 saturated heterocycles. The molecule has 3 unspecified atom stereocenters. The van der Waals surface area contributed by atoms with Crippen molar-refractivity contribution in [1.29, 1.82) is 0 Å². The summed E-state index contributed by atoms with van der Waals surface area (Å²) in [5.41, 5.74) is 9.49. The van der Waals surface area contributed by atoms with Gasteiger partial charge in [-0.15, -0.1) is 0 Å². The van der Waals surface area contributed by atoms with E-state index in [9.17, 15) is 4.79 Å². The van der Waals surface area contributed by atoms with Gasteiger partial charge >= 0.3 is 0 Å². The van der Waals surface area contributed by atoms with Gasteiger partial charge in [-0.1, -0.05) is 37.3 Å². The van der Waals surface area contributed by atoms with Gasteiger partial charge in [0, 0.05) is 18.0 Å². The summed E-state index contributed by atoms with van der Waals surface area (Å²) >= 11 is 0. The first kappa shape index (κ1) is 21.2. The predicted octanol–water partition coefficient (Wildman–Crippen LogP) is 4.45. The maximum absolute atomic E-state index is 12.9. The third-order valence-corrected chi connectivity index (χ3v) is 6.14. The number of carbonyl (C=O) groups is 1. The van der Waals surface area contributed by atoms with Crippen molar-refractivity contribution in [2.75, 3.05) is 24.7 Å². The molecule has 3 N–H and O–H groups in total. The third-order valence-electron chi connectivity index (χ3n) is 6.14. The van der Waals surface area contributed by atoms with Crippen LogP contribution >= 0.6 is 0 Å². The summed E-state index contributed by atoms with van der Waals surface area (Å²) in [5, 5.41) is 2.99. The van der Waals surface area contributed by atoms with E-state index < -0.39 is 0 Å². The first-order valence-corrected chi connectivity index (χ1v) is 10.4. The van der Waals surface area contributed by atoms with Crippen LogP contribution in [0.1, 0.15) is 39.2 Å². The quantitative estimate of drug-likeness (QED) is 0.638.